The molecule has 1 aromatic rings. The number of nitrogens with two attached hydrogens (primary N) is 1. The van der Waals surface area contributed by atoms with Crippen molar-refractivity contribution in [2.24, 2.45) is 0 Å². The molecule has 0 heterocycles. The van der Waals surface area contributed by atoms with Gasteiger partial charge in [0.15, 0.2) is 4.84 Å². The Labute approximate surface area is 85.8 Å². The number of nitrogens with one attached hydrogen (secondary N) is 1. The Balaban J connectivity index is 2.75. The van der Waals surface area contributed by atoms with E-state index in [4.69, 9.17) is 28.9 Å². The summed E-state index contributed by atoms with van der Waals surface area (Å²) in [6.45, 7) is 0. The van der Waals surface area contributed by atoms with Crippen LogP contribution in [-0.4, -0.2) is 10.7 Å². The van der Waals surface area contributed by atoms with Crippen molar-refractivity contribution in [3.63, 3.8) is 0 Å². The molecule has 13 heavy (non-hydrogen) atoms. The second-order valence-electron chi connectivity index (χ2n) is 2.38. The Morgan fingerprint density at radius 3 is 2.54 bits per heavy atom. The summed E-state index contributed by atoms with van der Waals surface area (Å²) >= 11 is 10.7. The molecule has 0 aromatic heterocycles. The van der Waals surface area contributed by atoms with Gasteiger partial charge in [-0.2, -0.15) is 0 Å². The Hall–Kier alpha value is -0.930. The second kappa shape index (κ2) is 4.35. The number of nitrogen functional groups attached to an aromatic ring is 1. The van der Waals surface area contributed by atoms with E-state index in [1.807, 2.05) is 0 Å². The molecule has 70 valence electrons. The SMILES string of the molecule is Nc1ccccc1NC(=O)C(Cl)Cl. The number of carbonyl (C=O) groups is 1. The van der Waals surface area contributed by atoms with Crippen LogP contribution in [0.3, 0.4) is 0 Å². The Morgan fingerprint density at radius 2 is 2.00 bits per heavy atom. The predicted molar refractivity (Wildman–Crippen MR) is 55.0 cm³/mol. The number of amides is 1. The van der Waals surface area contributed by atoms with E-state index in [0.29, 0.717) is 11.4 Å². The van der Waals surface area contributed by atoms with E-state index in [0.717, 1.165) is 0 Å². The first kappa shape index (κ1) is 10.2. The number of carbonyl (C=O) groups excluding carboxylic acids is 1. The van der Waals surface area contributed by atoms with Crippen molar-refractivity contribution < 1.29 is 4.79 Å². The van der Waals surface area contributed by atoms with Gasteiger partial charge in [-0.3, -0.25) is 4.79 Å². The molecule has 3 N–H and O–H groups in total. The summed E-state index contributed by atoms with van der Waals surface area (Å²) in [5.74, 6) is -0.485. The Kier molecular flexibility index (Phi) is 3.39. The zero-order valence-electron chi connectivity index (χ0n) is 6.63. The maximum Gasteiger partial charge on any atom is 0.257 e. The summed E-state index contributed by atoms with van der Waals surface area (Å²) in [6.07, 6.45) is 0. The molecule has 0 saturated heterocycles. The fourth-order valence-corrected chi connectivity index (χ4v) is 0.907. The van der Waals surface area contributed by atoms with Gasteiger partial charge in [-0.15, -0.1) is 0 Å². The van der Waals surface area contributed by atoms with Gasteiger partial charge in [0.1, 0.15) is 0 Å². The van der Waals surface area contributed by atoms with Gasteiger partial charge < -0.3 is 11.1 Å². The van der Waals surface area contributed by atoms with Crippen LogP contribution in [0.15, 0.2) is 24.3 Å². The molecule has 0 bridgehead atoms. The minimum atomic E-state index is -1.08. The van der Waals surface area contributed by atoms with E-state index in [9.17, 15) is 4.79 Å². The summed E-state index contributed by atoms with van der Waals surface area (Å²) in [5.41, 5.74) is 6.56. The number of halogens is 2. The average molecular weight is 219 g/mol. The molecule has 1 rings (SSSR count). The van der Waals surface area contributed by atoms with Crippen LogP contribution < -0.4 is 11.1 Å². The normalized spacial score (nSPS) is 10.1. The number of hydrogen-bond donors (Lipinski definition) is 2. The van der Waals surface area contributed by atoms with Crippen LogP contribution in [0.1, 0.15) is 0 Å². The maximum absolute atomic E-state index is 11.0. The third-order valence-corrected chi connectivity index (χ3v) is 1.81. The van der Waals surface area contributed by atoms with Crippen molar-refractivity contribution in [1.29, 1.82) is 0 Å². The van der Waals surface area contributed by atoms with Crippen molar-refractivity contribution in [3.8, 4) is 0 Å². The number of alkyl halides is 2. The largest absolute Gasteiger partial charge is 0.397 e. The van der Waals surface area contributed by atoms with Crippen LogP contribution in [0.5, 0.6) is 0 Å². The van der Waals surface area contributed by atoms with Crippen LogP contribution in [0.4, 0.5) is 11.4 Å². The van der Waals surface area contributed by atoms with Gasteiger partial charge in [-0.05, 0) is 12.1 Å². The molecule has 0 fully saturated rings. The molecule has 3 nitrogen and oxygen atoms in total. The Bertz CT molecular complexity index is 315. The van der Waals surface area contributed by atoms with Gasteiger partial charge in [0, 0.05) is 0 Å². The first-order valence-electron chi connectivity index (χ1n) is 3.55. The van der Waals surface area contributed by atoms with Crippen LogP contribution in [0.2, 0.25) is 0 Å². The quantitative estimate of drug-likeness (QED) is 0.590. The molecule has 0 aliphatic rings. The predicted octanol–water partition coefficient (Wildman–Crippen LogP) is 2.01. The molecule has 0 aliphatic carbocycles. The smallest absolute Gasteiger partial charge is 0.257 e. The van der Waals surface area contributed by atoms with E-state index in [1.165, 1.54) is 0 Å². The zero-order chi connectivity index (χ0) is 9.84. The lowest BCUT2D eigenvalue weighted by Gasteiger charge is -2.07. The van der Waals surface area contributed by atoms with E-state index in [1.54, 1.807) is 24.3 Å². The lowest BCUT2D eigenvalue weighted by Crippen LogP contribution is -2.19. The second-order valence-corrected chi connectivity index (χ2v) is 3.47. The molecular formula is C8H8Cl2N2O. The van der Waals surface area contributed by atoms with Crippen molar-refractivity contribution in [3.05, 3.63) is 24.3 Å². The van der Waals surface area contributed by atoms with Crippen LogP contribution in [-0.2, 0) is 4.79 Å². The van der Waals surface area contributed by atoms with Crippen molar-refractivity contribution in [2.45, 2.75) is 4.84 Å². The van der Waals surface area contributed by atoms with Crippen molar-refractivity contribution in [1.82, 2.24) is 0 Å². The monoisotopic (exact) mass is 218 g/mol. The molecule has 0 radical (unpaired) electrons. The first-order chi connectivity index (χ1) is 6.11. The number of hydrogen-bond acceptors (Lipinski definition) is 2. The molecule has 0 aliphatic heterocycles. The van der Waals surface area contributed by atoms with Crippen LogP contribution in [0, 0.1) is 0 Å². The molecular weight excluding hydrogens is 211 g/mol. The first-order valence-corrected chi connectivity index (χ1v) is 4.42. The molecule has 0 atom stereocenters. The fraction of sp³-hybridized carbons (Fsp3) is 0.125. The highest BCUT2D eigenvalue weighted by molar-refractivity contribution is 6.54. The van der Waals surface area contributed by atoms with Gasteiger partial charge in [0.25, 0.3) is 5.91 Å². The van der Waals surface area contributed by atoms with Crippen molar-refractivity contribution >= 4 is 40.5 Å². The average Bonchev–Trinajstić information content (AvgIpc) is 2.08. The fourth-order valence-electron chi connectivity index (χ4n) is 0.798. The van der Waals surface area contributed by atoms with Gasteiger partial charge in [-0.25, -0.2) is 0 Å². The zero-order valence-corrected chi connectivity index (χ0v) is 8.14. The van der Waals surface area contributed by atoms with E-state index >= 15 is 0 Å². The van der Waals surface area contributed by atoms with Crippen LogP contribution >= 0.6 is 23.2 Å². The number of rotatable bonds is 2. The maximum atomic E-state index is 11.0. The highest BCUT2D eigenvalue weighted by Crippen LogP contribution is 2.17. The van der Waals surface area contributed by atoms with Crippen LogP contribution in [0.25, 0.3) is 0 Å². The highest BCUT2D eigenvalue weighted by Gasteiger charge is 2.11. The highest BCUT2D eigenvalue weighted by atomic mass is 35.5. The summed E-state index contributed by atoms with van der Waals surface area (Å²) < 4.78 is 0. The van der Waals surface area contributed by atoms with Gasteiger partial charge in [-0.1, -0.05) is 35.3 Å². The third-order valence-electron chi connectivity index (χ3n) is 1.42. The Morgan fingerprint density at radius 1 is 1.38 bits per heavy atom. The van der Waals surface area contributed by atoms with Gasteiger partial charge in [0.05, 0.1) is 11.4 Å². The van der Waals surface area contributed by atoms with E-state index < -0.39 is 10.7 Å². The van der Waals surface area contributed by atoms with Gasteiger partial charge in [0.2, 0.25) is 0 Å². The third kappa shape index (κ3) is 2.79. The summed E-state index contributed by atoms with van der Waals surface area (Å²) in [7, 11) is 0. The van der Waals surface area contributed by atoms with E-state index in [-0.39, 0.29) is 0 Å². The molecule has 5 heteroatoms. The van der Waals surface area contributed by atoms with Gasteiger partial charge >= 0.3 is 0 Å². The van der Waals surface area contributed by atoms with E-state index in [2.05, 4.69) is 5.32 Å². The molecule has 1 aromatic carbocycles. The molecule has 0 unspecified atom stereocenters. The van der Waals surface area contributed by atoms with Crippen molar-refractivity contribution in [2.75, 3.05) is 11.1 Å². The summed E-state index contributed by atoms with van der Waals surface area (Å²) in [4.78, 5) is 9.95. The summed E-state index contributed by atoms with van der Waals surface area (Å²) in [6, 6.07) is 6.86. The molecule has 0 saturated carbocycles. The lowest BCUT2D eigenvalue weighted by molar-refractivity contribution is -0.114. The summed E-state index contributed by atoms with van der Waals surface area (Å²) in [5, 5.41) is 2.48. The number of para-hydroxylation sites is 2. The number of benzene rings is 1. The minimum absolute atomic E-state index is 0.477. The molecule has 1 amide bonds. The topological polar surface area (TPSA) is 55.1 Å². The standard InChI is InChI=1S/C8H8Cl2N2O/c9-7(10)8(13)12-6-4-2-1-3-5(6)11/h1-4,7H,11H2,(H,12,13). The molecule has 0 spiro atoms. The minimum Gasteiger partial charge on any atom is -0.397 e. The number of anilines is 2. The lowest BCUT2D eigenvalue weighted by atomic mass is 10.3.